The minimum atomic E-state index is 0.912. The molecule has 0 saturated heterocycles. The molecule has 0 radical (unpaired) electrons. The normalized spacial score (nSPS) is 9.73. The van der Waals surface area contributed by atoms with Gasteiger partial charge in [-0.25, -0.2) is 9.97 Å². The average molecular weight is 151 g/mol. The Labute approximate surface area is 66.9 Å². The van der Waals surface area contributed by atoms with E-state index in [1.54, 1.807) is 6.33 Å². The van der Waals surface area contributed by atoms with E-state index in [4.69, 9.17) is 0 Å². The zero-order chi connectivity index (χ0) is 8.27. The molecule has 0 aliphatic rings. The van der Waals surface area contributed by atoms with Crippen LogP contribution < -0.4 is 5.32 Å². The maximum Gasteiger partial charge on any atom is 0.116 e. The van der Waals surface area contributed by atoms with Crippen LogP contribution in [0.5, 0.6) is 0 Å². The summed E-state index contributed by atoms with van der Waals surface area (Å²) < 4.78 is 0. The summed E-state index contributed by atoms with van der Waals surface area (Å²) in [7, 11) is 0. The summed E-state index contributed by atoms with van der Waals surface area (Å²) in [6.07, 6.45) is 1.59. The molecule has 1 aromatic rings. The van der Waals surface area contributed by atoms with Gasteiger partial charge in [-0.15, -0.1) is 0 Å². The molecule has 0 aromatic carbocycles. The smallest absolute Gasteiger partial charge is 0.116 e. The molecule has 1 rings (SSSR count). The number of nitrogens with one attached hydrogen (secondary N) is 1. The summed E-state index contributed by atoms with van der Waals surface area (Å²) in [5.41, 5.74) is 3.09. The molecule has 0 aliphatic heterocycles. The van der Waals surface area contributed by atoms with E-state index in [2.05, 4.69) is 22.2 Å². The third kappa shape index (κ3) is 1.67. The monoisotopic (exact) mass is 151 g/mol. The maximum atomic E-state index is 4.08. The SMILES string of the molecule is CCNc1c(C)ncnc1C. The fourth-order valence-corrected chi connectivity index (χ4v) is 1.03. The molecule has 0 spiro atoms. The van der Waals surface area contributed by atoms with Gasteiger partial charge in [0, 0.05) is 6.54 Å². The predicted molar refractivity (Wildman–Crippen MR) is 45.7 cm³/mol. The third-order valence-electron chi connectivity index (χ3n) is 1.58. The van der Waals surface area contributed by atoms with Gasteiger partial charge in [0.25, 0.3) is 0 Å². The molecule has 1 aromatic heterocycles. The number of hydrogen-bond donors (Lipinski definition) is 1. The molecule has 60 valence electrons. The molecule has 3 nitrogen and oxygen atoms in total. The van der Waals surface area contributed by atoms with Crippen molar-refractivity contribution >= 4 is 5.69 Å². The molecule has 0 amide bonds. The Bertz CT molecular complexity index is 225. The first kappa shape index (κ1) is 7.98. The number of rotatable bonds is 2. The van der Waals surface area contributed by atoms with E-state index in [9.17, 15) is 0 Å². The van der Waals surface area contributed by atoms with E-state index in [1.165, 1.54) is 0 Å². The highest BCUT2D eigenvalue weighted by molar-refractivity contribution is 5.50. The molecule has 1 N–H and O–H groups in total. The number of aryl methyl sites for hydroxylation is 2. The second-order valence-corrected chi connectivity index (χ2v) is 2.45. The largest absolute Gasteiger partial charge is 0.382 e. The minimum absolute atomic E-state index is 0.912. The molecule has 0 unspecified atom stereocenters. The van der Waals surface area contributed by atoms with Gasteiger partial charge < -0.3 is 5.32 Å². The third-order valence-corrected chi connectivity index (χ3v) is 1.58. The molecule has 0 bridgehead atoms. The van der Waals surface area contributed by atoms with Crippen LogP contribution in [-0.2, 0) is 0 Å². The lowest BCUT2D eigenvalue weighted by Gasteiger charge is -2.07. The van der Waals surface area contributed by atoms with E-state index in [0.29, 0.717) is 0 Å². The zero-order valence-electron chi connectivity index (χ0n) is 7.18. The summed E-state index contributed by atoms with van der Waals surface area (Å²) in [5, 5.41) is 3.22. The number of aromatic nitrogens is 2. The maximum absolute atomic E-state index is 4.08. The van der Waals surface area contributed by atoms with Gasteiger partial charge in [-0.2, -0.15) is 0 Å². The van der Waals surface area contributed by atoms with Crippen molar-refractivity contribution in [1.29, 1.82) is 0 Å². The summed E-state index contributed by atoms with van der Waals surface area (Å²) in [6, 6.07) is 0. The molecule has 0 aliphatic carbocycles. The van der Waals surface area contributed by atoms with Gasteiger partial charge in [0.2, 0.25) is 0 Å². The summed E-state index contributed by atoms with van der Waals surface area (Å²) in [4.78, 5) is 8.17. The first-order chi connectivity index (χ1) is 5.25. The quantitative estimate of drug-likeness (QED) is 0.696. The number of anilines is 1. The van der Waals surface area contributed by atoms with Gasteiger partial charge in [-0.05, 0) is 20.8 Å². The molecule has 3 heteroatoms. The second kappa shape index (κ2) is 3.32. The van der Waals surface area contributed by atoms with E-state index >= 15 is 0 Å². The fourth-order valence-electron chi connectivity index (χ4n) is 1.03. The van der Waals surface area contributed by atoms with Crippen LogP contribution in [0.2, 0.25) is 0 Å². The molecule has 0 atom stereocenters. The van der Waals surface area contributed by atoms with Gasteiger partial charge in [-0.1, -0.05) is 0 Å². The Morgan fingerprint density at radius 2 is 1.82 bits per heavy atom. The van der Waals surface area contributed by atoms with Crippen LogP contribution >= 0.6 is 0 Å². The first-order valence-corrected chi connectivity index (χ1v) is 3.77. The molecule has 0 saturated carbocycles. The first-order valence-electron chi connectivity index (χ1n) is 3.77. The van der Waals surface area contributed by atoms with Gasteiger partial charge in [0.1, 0.15) is 6.33 Å². The Morgan fingerprint density at radius 1 is 1.27 bits per heavy atom. The summed E-state index contributed by atoms with van der Waals surface area (Å²) in [6.45, 7) is 6.93. The standard InChI is InChI=1S/C8H13N3/c1-4-9-8-6(2)10-5-11-7(8)3/h5,9H,4H2,1-3H3. The van der Waals surface area contributed by atoms with Gasteiger partial charge >= 0.3 is 0 Å². The second-order valence-electron chi connectivity index (χ2n) is 2.45. The highest BCUT2D eigenvalue weighted by Crippen LogP contribution is 2.13. The zero-order valence-corrected chi connectivity index (χ0v) is 7.18. The fraction of sp³-hybridized carbons (Fsp3) is 0.500. The number of hydrogen-bond acceptors (Lipinski definition) is 3. The Hall–Kier alpha value is -1.12. The van der Waals surface area contributed by atoms with Crippen LogP contribution in [0.25, 0.3) is 0 Å². The van der Waals surface area contributed by atoms with E-state index in [0.717, 1.165) is 23.6 Å². The van der Waals surface area contributed by atoms with E-state index < -0.39 is 0 Å². The topological polar surface area (TPSA) is 37.8 Å². The van der Waals surface area contributed by atoms with Crippen molar-refractivity contribution in [3.05, 3.63) is 17.7 Å². The van der Waals surface area contributed by atoms with Crippen molar-refractivity contribution in [2.45, 2.75) is 20.8 Å². The van der Waals surface area contributed by atoms with Gasteiger partial charge in [0.15, 0.2) is 0 Å². The molecular weight excluding hydrogens is 138 g/mol. The van der Waals surface area contributed by atoms with Crippen molar-refractivity contribution in [3.8, 4) is 0 Å². The molecule has 0 fully saturated rings. The highest BCUT2D eigenvalue weighted by atomic mass is 14.9. The van der Waals surface area contributed by atoms with Crippen LogP contribution in [0.4, 0.5) is 5.69 Å². The van der Waals surface area contributed by atoms with Crippen LogP contribution in [-0.4, -0.2) is 16.5 Å². The van der Waals surface area contributed by atoms with Crippen molar-refractivity contribution in [2.24, 2.45) is 0 Å². The lowest BCUT2D eigenvalue weighted by Crippen LogP contribution is -2.03. The Balaban J connectivity index is 3.00. The van der Waals surface area contributed by atoms with E-state index in [1.807, 2.05) is 13.8 Å². The van der Waals surface area contributed by atoms with Gasteiger partial charge in [0.05, 0.1) is 17.1 Å². The summed E-state index contributed by atoms with van der Waals surface area (Å²) in [5.74, 6) is 0. The lowest BCUT2D eigenvalue weighted by molar-refractivity contribution is 1.03. The van der Waals surface area contributed by atoms with Crippen LogP contribution in [0, 0.1) is 13.8 Å². The predicted octanol–water partition coefficient (Wildman–Crippen LogP) is 1.53. The Kier molecular flexibility index (Phi) is 2.41. The molecular formula is C8H13N3. The molecule has 11 heavy (non-hydrogen) atoms. The lowest BCUT2D eigenvalue weighted by atomic mass is 10.3. The van der Waals surface area contributed by atoms with Crippen molar-refractivity contribution in [1.82, 2.24) is 9.97 Å². The van der Waals surface area contributed by atoms with Gasteiger partial charge in [-0.3, -0.25) is 0 Å². The average Bonchev–Trinajstić information content (AvgIpc) is 1.97. The van der Waals surface area contributed by atoms with Crippen molar-refractivity contribution in [3.63, 3.8) is 0 Å². The number of nitrogens with zero attached hydrogens (tertiary/aromatic N) is 2. The highest BCUT2D eigenvalue weighted by Gasteiger charge is 2.00. The van der Waals surface area contributed by atoms with Crippen LogP contribution in [0.15, 0.2) is 6.33 Å². The van der Waals surface area contributed by atoms with E-state index in [-0.39, 0.29) is 0 Å². The van der Waals surface area contributed by atoms with Crippen LogP contribution in [0.1, 0.15) is 18.3 Å². The van der Waals surface area contributed by atoms with Crippen LogP contribution in [0.3, 0.4) is 0 Å². The minimum Gasteiger partial charge on any atom is -0.382 e. The van der Waals surface area contributed by atoms with Crippen molar-refractivity contribution in [2.75, 3.05) is 11.9 Å². The summed E-state index contributed by atoms with van der Waals surface area (Å²) >= 11 is 0. The van der Waals surface area contributed by atoms with Crippen molar-refractivity contribution < 1.29 is 0 Å². The molecule has 1 heterocycles. The Morgan fingerprint density at radius 3 is 2.27 bits per heavy atom.